The zero-order valence-electron chi connectivity index (χ0n) is 15.3. The number of hydrogen-bond acceptors (Lipinski definition) is 4. The highest BCUT2D eigenvalue weighted by Crippen LogP contribution is 2.27. The topological polar surface area (TPSA) is 80.9 Å². The average molecular weight is 321 g/mol. The fourth-order valence-electron chi connectivity index (χ4n) is 2.32. The minimum Gasteiger partial charge on any atom is -0.396 e. The highest BCUT2D eigenvalue weighted by molar-refractivity contribution is 4.76. The summed E-state index contributed by atoms with van der Waals surface area (Å²) in [5, 5.41) is 36.2. The zero-order valence-corrected chi connectivity index (χ0v) is 15.3. The van der Waals surface area contributed by atoms with Crippen molar-refractivity contribution in [2.24, 2.45) is 10.8 Å². The maximum Gasteiger partial charge on any atom is 0.0509 e. The maximum atomic E-state index is 9.04. The molecule has 4 nitrogen and oxygen atoms in total. The van der Waals surface area contributed by atoms with Crippen LogP contribution in [0.25, 0.3) is 0 Å². The molecule has 0 fully saturated rings. The minimum absolute atomic E-state index is 0.111. The van der Waals surface area contributed by atoms with Crippen LogP contribution in [0.3, 0.4) is 0 Å². The molecule has 0 bridgehead atoms. The molecule has 0 aromatic rings. The van der Waals surface area contributed by atoms with E-state index in [9.17, 15) is 0 Å². The molecule has 0 spiro atoms. The van der Waals surface area contributed by atoms with Gasteiger partial charge in [0.25, 0.3) is 0 Å². The summed E-state index contributed by atoms with van der Waals surface area (Å²) in [6.45, 7) is 8.72. The van der Waals surface area contributed by atoms with E-state index in [4.69, 9.17) is 20.4 Å². The quantitative estimate of drug-likeness (QED) is 0.445. The first-order valence-electron chi connectivity index (χ1n) is 8.92. The van der Waals surface area contributed by atoms with E-state index in [1.54, 1.807) is 0 Å². The van der Waals surface area contributed by atoms with E-state index >= 15 is 0 Å². The predicted molar refractivity (Wildman–Crippen MR) is 92.8 cm³/mol. The van der Waals surface area contributed by atoms with Crippen LogP contribution in [0.15, 0.2) is 0 Å². The number of unbranched alkanes of at least 4 members (excludes halogenated alkanes) is 2. The molecule has 0 atom stereocenters. The summed E-state index contributed by atoms with van der Waals surface area (Å²) in [6.07, 6.45) is 8.04. The van der Waals surface area contributed by atoms with Gasteiger partial charge in [-0.05, 0) is 25.7 Å². The Morgan fingerprint density at radius 2 is 0.818 bits per heavy atom. The Bertz CT molecular complexity index is 183. The lowest BCUT2D eigenvalue weighted by Gasteiger charge is -2.27. The second-order valence-electron chi connectivity index (χ2n) is 6.55. The van der Waals surface area contributed by atoms with E-state index in [0.29, 0.717) is 0 Å². The molecule has 0 unspecified atom stereocenters. The van der Waals surface area contributed by atoms with E-state index in [1.165, 1.54) is 0 Å². The van der Waals surface area contributed by atoms with Gasteiger partial charge in [-0.25, -0.2) is 0 Å². The van der Waals surface area contributed by atoms with E-state index in [1.807, 2.05) is 13.8 Å². The first-order chi connectivity index (χ1) is 10.5. The smallest absolute Gasteiger partial charge is 0.0509 e. The highest BCUT2D eigenvalue weighted by atomic mass is 16.3. The van der Waals surface area contributed by atoms with Crippen molar-refractivity contribution in [1.82, 2.24) is 0 Å². The molecule has 0 aromatic heterocycles. The van der Waals surface area contributed by atoms with E-state index in [2.05, 4.69) is 13.8 Å². The Kier molecular flexibility index (Phi) is 15.8. The molecular formula is C18H40O4. The van der Waals surface area contributed by atoms with Crippen molar-refractivity contribution in [2.45, 2.75) is 79.1 Å². The molecular weight excluding hydrogens is 280 g/mol. The normalized spacial score (nSPS) is 12.0. The van der Waals surface area contributed by atoms with Crippen molar-refractivity contribution in [3.63, 3.8) is 0 Å². The third-order valence-corrected chi connectivity index (χ3v) is 4.96. The molecule has 0 aliphatic heterocycles. The summed E-state index contributed by atoms with van der Waals surface area (Å²) < 4.78 is 0. The van der Waals surface area contributed by atoms with Crippen LogP contribution in [-0.4, -0.2) is 46.9 Å². The molecule has 0 amide bonds. The highest BCUT2D eigenvalue weighted by Gasteiger charge is 2.25. The summed E-state index contributed by atoms with van der Waals surface area (Å²) in [5.74, 6) is 0. The van der Waals surface area contributed by atoms with Crippen molar-refractivity contribution in [2.75, 3.05) is 26.4 Å². The molecule has 4 heteroatoms. The van der Waals surface area contributed by atoms with Crippen LogP contribution >= 0.6 is 0 Å². The third-order valence-electron chi connectivity index (χ3n) is 4.96. The fourth-order valence-corrected chi connectivity index (χ4v) is 2.32. The van der Waals surface area contributed by atoms with Gasteiger partial charge in [-0.2, -0.15) is 0 Å². The maximum absolute atomic E-state index is 9.04. The number of hydrogen-bond donors (Lipinski definition) is 4. The molecule has 0 saturated carbocycles. The Labute approximate surface area is 137 Å². The van der Waals surface area contributed by atoms with Crippen LogP contribution in [-0.2, 0) is 0 Å². The molecule has 136 valence electrons. The van der Waals surface area contributed by atoms with Gasteiger partial charge in [0.15, 0.2) is 0 Å². The largest absolute Gasteiger partial charge is 0.396 e. The van der Waals surface area contributed by atoms with Gasteiger partial charge in [-0.3, -0.25) is 0 Å². The Balaban J connectivity index is 0. The second-order valence-corrected chi connectivity index (χ2v) is 6.55. The molecule has 0 radical (unpaired) electrons. The number of aliphatic hydroxyl groups is 4. The van der Waals surface area contributed by atoms with Crippen LogP contribution < -0.4 is 0 Å². The van der Waals surface area contributed by atoms with Crippen LogP contribution in [0, 0.1) is 10.8 Å². The van der Waals surface area contributed by atoms with Crippen molar-refractivity contribution in [3.8, 4) is 0 Å². The van der Waals surface area contributed by atoms with Gasteiger partial charge in [0.1, 0.15) is 0 Å². The van der Waals surface area contributed by atoms with E-state index in [0.717, 1.165) is 51.4 Å². The summed E-state index contributed by atoms with van der Waals surface area (Å²) in [7, 11) is 0. The molecule has 0 heterocycles. The third kappa shape index (κ3) is 9.09. The summed E-state index contributed by atoms with van der Waals surface area (Å²) in [4.78, 5) is 0. The Morgan fingerprint density at radius 1 is 0.545 bits per heavy atom. The number of rotatable bonds is 12. The lowest BCUT2D eigenvalue weighted by Crippen LogP contribution is -2.28. The first kappa shape index (κ1) is 24.1. The molecule has 4 N–H and O–H groups in total. The average Bonchev–Trinajstić information content (AvgIpc) is 2.59. The Morgan fingerprint density at radius 3 is 0.955 bits per heavy atom. The van der Waals surface area contributed by atoms with Gasteiger partial charge < -0.3 is 20.4 Å². The SMILES string of the molecule is CCCCC(CC)(CO)CO.CCCCC(CC)(CO)CO. The Hall–Kier alpha value is -0.160. The molecule has 0 saturated heterocycles. The van der Waals surface area contributed by atoms with Crippen LogP contribution in [0.5, 0.6) is 0 Å². The van der Waals surface area contributed by atoms with E-state index in [-0.39, 0.29) is 37.3 Å². The lowest BCUT2D eigenvalue weighted by molar-refractivity contribution is 0.0419. The second kappa shape index (κ2) is 14.4. The van der Waals surface area contributed by atoms with Gasteiger partial charge in [-0.15, -0.1) is 0 Å². The van der Waals surface area contributed by atoms with Crippen molar-refractivity contribution in [1.29, 1.82) is 0 Å². The van der Waals surface area contributed by atoms with Gasteiger partial charge in [-0.1, -0.05) is 53.4 Å². The van der Waals surface area contributed by atoms with Crippen LogP contribution in [0.4, 0.5) is 0 Å². The van der Waals surface area contributed by atoms with Crippen molar-refractivity contribution < 1.29 is 20.4 Å². The van der Waals surface area contributed by atoms with Crippen LogP contribution in [0.2, 0.25) is 0 Å². The van der Waals surface area contributed by atoms with Crippen molar-refractivity contribution >= 4 is 0 Å². The predicted octanol–water partition coefficient (Wildman–Crippen LogP) is 3.12. The van der Waals surface area contributed by atoms with Gasteiger partial charge in [0.2, 0.25) is 0 Å². The monoisotopic (exact) mass is 320 g/mol. The molecule has 0 rings (SSSR count). The molecule has 0 aliphatic carbocycles. The van der Waals surface area contributed by atoms with Crippen molar-refractivity contribution in [3.05, 3.63) is 0 Å². The fraction of sp³-hybridized carbons (Fsp3) is 1.00. The van der Waals surface area contributed by atoms with Crippen LogP contribution in [0.1, 0.15) is 79.1 Å². The minimum atomic E-state index is -0.212. The summed E-state index contributed by atoms with van der Waals surface area (Å²) in [5.41, 5.74) is -0.425. The number of aliphatic hydroxyl groups excluding tert-OH is 4. The summed E-state index contributed by atoms with van der Waals surface area (Å²) >= 11 is 0. The zero-order chi connectivity index (χ0) is 17.5. The van der Waals surface area contributed by atoms with E-state index < -0.39 is 0 Å². The van der Waals surface area contributed by atoms with Gasteiger partial charge in [0, 0.05) is 10.8 Å². The summed E-state index contributed by atoms with van der Waals surface area (Å²) in [6, 6.07) is 0. The standard InChI is InChI=1S/2C9H20O2/c2*1-3-5-6-9(4-2,7-10)8-11/h2*10-11H,3-8H2,1-2H3. The molecule has 0 aromatic carbocycles. The lowest BCUT2D eigenvalue weighted by atomic mass is 9.82. The molecule has 22 heavy (non-hydrogen) atoms. The van der Waals surface area contributed by atoms with Gasteiger partial charge >= 0.3 is 0 Å². The van der Waals surface area contributed by atoms with Gasteiger partial charge in [0.05, 0.1) is 26.4 Å². The molecule has 0 aliphatic rings. The first-order valence-corrected chi connectivity index (χ1v) is 8.92.